The second kappa shape index (κ2) is 10.8. The number of hydrogen-bond donors (Lipinski definition) is 2. The summed E-state index contributed by atoms with van der Waals surface area (Å²) in [5.74, 6) is -1.24. The first-order valence-electron chi connectivity index (χ1n) is 11.5. The van der Waals surface area contributed by atoms with Gasteiger partial charge in [0.1, 0.15) is 12.1 Å². The fraction of sp³-hybridized carbons (Fsp3) is 0.458. The van der Waals surface area contributed by atoms with Crippen LogP contribution in [0.5, 0.6) is 0 Å². The predicted molar refractivity (Wildman–Crippen MR) is 126 cm³/mol. The van der Waals surface area contributed by atoms with Gasteiger partial charge in [-0.05, 0) is 17.9 Å². The number of rotatable bonds is 8. The van der Waals surface area contributed by atoms with Crippen LogP contribution in [0.25, 0.3) is 0 Å². The maximum atomic E-state index is 13.3. The maximum Gasteiger partial charge on any atom is 0.357 e. The molecule has 0 radical (unpaired) electrons. The standard InChI is InChI=1S/C24H28N4O5S/c1-33-22(31)18-14-34-23(25-18)27-20(29)19(13-16-10-6-3-7-11-16)28-21(30)17(26-24(28)32)12-15-8-4-2-5-9-15/h2,4-5,8-9,14,16-17,19H,3,6-7,10-13H2,1H3,(H,26,32)(H,25,27,29). The SMILES string of the molecule is COC(=O)c1csc(NC(=O)C(CC2CCCCC2)N2C(=O)NC(Cc3ccccc3)C2=O)n1. The number of imide groups is 1. The highest BCUT2D eigenvalue weighted by Crippen LogP contribution is 2.30. The van der Waals surface area contributed by atoms with Crippen LogP contribution < -0.4 is 10.6 Å². The number of esters is 1. The normalized spacial score (nSPS) is 19.6. The van der Waals surface area contributed by atoms with Crippen LogP contribution in [0.3, 0.4) is 0 Å². The largest absolute Gasteiger partial charge is 0.464 e. The molecular formula is C24H28N4O5S. The Morgan fingerprint density at radius 2 is 1.94 bits per heavy atom. The average Bonchev–Trinajstić information content (AvgIpc) is 3.42. The van der Waals surface area contributed by atoms with Crippen molar-refractivity contribution in [2.45, 2.75) is 57.0 Å². The van der Waals surface area contributed by atoms with Crippen LogP contribution in [0, 0.1) is 5.92 Å². The Morgan fingerprint density at radius 3 is 2.65 bits per heavy atom. The van der Waals surface area contributed by atoms with Crippen molar-refractivity contribution in [2.24, 2.45) is 5.92 Å². The first kappa shape index (κ1) is 23.9. The molecule has 0 bridgehead atoms. The number of aromatic nitrogens is 1. The van der Waals surface area contributed by atoms with E-state index in [9.17, 15) is 19.2 Å². The molecule has 1 saturated heterocycles. The number of anilines is 1. The first-order valence-corrected chi connectivity index (χ1v) is 12.4. The lowest BCUT2D eigenvalue weighted by Gasteiger charge is -2.30. The molecule has 34 heavy (non-hydrogen) atoms. The second-order valence-electron chi connectivity index (χ2n) is 8.67. The van der Waals surface area contributed by atoms with Gasteiger partial charge in [-0.15, -0.1) is 11.3 Å². The lowest BCUT2D eigenvalue weighted by molar-refractivity contribution is -0.134. The van der Waals surface area contributed by atoms with Gasteiger partial charge >= 0.3 is 12.0 Å². The third-order valence-electron chi connectivity index (χ3n) is 6.36. The molecule has 180 valence electrons. The monoisotopic (exact) mass is 484 g/mol. The molecule has 2 unspecified atom stereocenters. The summed E-state index contributed by atoms with van der Waals surface area (Å²) in [5, 5.41) is 7.15. The summed E-state index contributed by atoms with van der Waals surface area (Å²) in [6, 6.07) is 7.21. The lowest BCUT2D eigenvalue weighted by atomic mass is 9.84. The minimum absolute atomic E-state index is 0.0875. The van der Waals surface area contributed by atoms with Crippen LogP contribution >= 0.6 is 11.3 Å². The van der Waals surface area contributed by atoms with Crippen molar-refractivity contribution < 1.29 is 23.9 Å². The van der Waals surface area contributed by atoms with Crippen molar-refractivity contribution in [3.63, 3.8) is 0 Å². The van der Waals surface area contributed by atoms with E-state index in [0.717, 1.165) is 53.9 Å². The number of carbonyl (C=O) groups is 4. The van der Waals surface area contributed by atoms with E-state index in [1.807, 2.05) is 30.3 Å². The highest BCUT2D eigenvalue weighted by atomic mass is 32.1. The fourth-order valence-corrected chi connectivity index (χ4v) is 5.30. The molecular weight excluding hydrogens is 456 g/mol. The molecule has 2 aliphatic rings. The summed E-state index contributed by atoms with van der Waals surface area (Å²) < 4.78 is 4.66. The Kier molecular flexibility index (Phi) is 7.56. The number of methoxy groups -OCH3 is 1. The van der Waals surface area contributed by atoms with E-state index in [0.29, 0.717) is 12.8 Å². The highest BCUT2D eigenvalue weighted by molar-refractivity contribution is 7.14. The Balaban J connectivity index is 1.53. The molecule has 9 nitrogen and oxygen atoms in total. The van der Waals surface area contributed by atoms with E-state index in [-0.39, 0.29) is 16.7 Å². The molecule has 1 saturated carbocycles. The Morgan fingerprint density at radius 1 is 1.21 bits per heavy atom. The van der Waals surface area contributed by atoms with E-state index in [2.05, 4.69) is 20.4 Å². The average molecular weight is 485 g/mol. The summed E-state index contributed by atoms with van der Waals surface area (Å²) in [6.45, 7) is 0. The van der Waals surface area contributed by atoms with Gasteiger partial charge in [-0.2, -0.15) is 0 Å². The number of nitrogens with zero attached hydrogens (tertiary/aromatic N) is 2. The number of benzene rings is 1. The quantitative estimate of drug-likeness (QED) is 0.438. The number of thiazole rings is 1. The van der Waals surface area contributed by atoms with Gasteiger partial charge < -0.3 is 15.4 Å². The Labute approximate surface area is 201 Å². The van der Waals surface area contributed by atoms with Gasteiger partial charge in [0.15, 0.2) is 10.8 Å². The van der Waals surface area contributed by atoms with Crippen molar-refractivity contribution in [2.75, 3.05) is 12.4 Å². The number of ether oxygens (including phenoxy) is 1. The summed E-state index contributed by atoms with van der Waals surface area (Å²) in [4.78, 5) is 56.4. The van der Waals surface area contributed by atoms with Gasteiger partial charge in [0.25, 0.3) is 5.91 Å². The van der Waals surface area contributed by atoms with E-state index in [1.165, 1.54) is 12.5 Å². The minimum atomic E-state index is -0.957. The van der Waals surface area contributed by atoms with E-state index in [4.69, 9.17) is 0 Å². The highest BCUT2D eigenvalue weighted by Gasteiger charge is 2.45. The molecule has 2 fully saturated rings. The van der Waals surface area contributed by atoms with E-state index in [1.54, 1.807) is 0 Å². The topological polar surface area (TPSA) is 118 Å². The van der Waals surface area contributed by atoms with Crippen LogP contribution in [-0.4, -0.2) is 52.9 Å². The number of urea groups is 1. The number of amides is 4. The summed E-state index contributed by atoms with van der Waals surface area (Å²) >= 11 is 1.08. The van der Waals surface area contributed by atoms with Crippen molar-refractivity contribution in [1.29, 1.82) is 0 Å². The number of hydrogen-bond acceptors (Lipinski definition) is 7. The molecule has 1 aliphatic heterocycles. The van der Waals surface area contributed by atoms with Gasteiger partial charge in [0.05, 0.1) is 7.11 Å². The second-order valence-corrected chi connectivity index (χ2v) is 9.53. The smallest absolute Gasteiger partial charge is 0.357 e. The maximum absolute atomic E-state index is 13.3. The van der Waals surface area contributed by atoms with Crippen LogP contribution in [0.15, 0.2) is 35.7 Å². The zero-order valence-corrected chi connectivity index (χ0v) is 19.8. The molecule has 1 aromatic carbocycles. The molecule has 2 N–H and O–H groups in total. The lowest BCUT2D eigenvalue weighted by Crippen LogP contribution is -2.49. The fourth-order valence-electron chi connectivity index (χ4n) is 4.62. The van der Waals surface area contributed by atoms with E-state index < -0.39 is 35.9 Å². The van der Waals surface area contributed by atoms with Gasteiger partial charge in [-0.3, -0.25) is 9.59 Å². The zero-order valence-electron chi connectivity index (χ0n) is 19.0. The molecule has 4 amide bonds. The molecule has 1 aliphatic carbocycles. The number of nitrogens with one attached hydrogen (secondary N) is 2. The van der Waals surface area contributed by atoms with Gasteiger partial charge in [0.2, 0.25) is 5.91 Å². The predicted octanol–water partition coefficient (Wildman–Crippen LogP) is 3.37. The van der Waals surface area contributed by atoms with Crippen LogP contribution in [0.1, 0.15) is 54.6 Å². The van der Waals surface area contributed by atoms with Gasteiger partial charge in [0, 0.05) is 11.8 Å². The third kappa shape index (κ3) is 5.44. The molecule has 2 heterocycles. The molecule has 2 atom stereocenters. The van der Waals surface area contributed by atoms with Crippen molar-refractivity contribution >= 4 is 40.3 Å². The Bertz CT molecular complexity index is 1050. The minimum Gasteiger partial charge on any atom is -0.464 e. The van der Waals surface area contributed by atoms with E-state index >= 15 is 0 Å². The third-order valence-corrected chi connectivity index (χ3v) is 7.12. The number of carbonyl (C=O) groups excluding carboxylic acids is 4. The Hall–Kier alpha value is -3.27. The molecule has 1 aromatic heterocycles. The summed E-state index contributed by atoms with van der Waals surface area (Å²) in [5.41, 5.74) is 1.01. The first-order chi connectivity index (χ1) is 16.5. The molecule has 4 rings (SSSR count). The molecule has 10 heteroatoms. The van der Waals surface area contributed by atoms with Gasteiger partial charge in [-0.25, -0.2) is 19.5 Å². The van der Waals surface area contributed by atoms with Crippen LogP contribution in [0.4, 0.5) is 9.93 Å². The van der Waals surface area contributed by atoms with Crippen molar-refractivity contribution in [3.8, 4) is 0 Å². The molecule has 0 spiro atoms. The van der Waals surface area contributed by atoms with Crippen LogP contribution in [-0.2, 0) is 20.7 Å². The van der Waals surface area contributed by atoms with Crippen LogP contribution in [0.2, 0.25) is 0 Å². The summed E-state index contributed by atoms with van der Waals surface area (Å²) in [7, 11) is 1.25. The summed E-state index contributed by atoms with van der Waals surface area (Å²) in [6.07, 6.45) is 5.99. The molecule has 2 aromatic rings. The zero-order chi connectivity index (χ0) is 24.1. The van der Waals surface area contributed by atoms with Gasteiger partial charge in [-0.1, -0.05) is 62.4 Å². The van der Waals surface area contributed by atoms with Crippen molar-refractivity contribution in [3.05, 3.63) is 47.0 Å². The van der Waals surface area contributed by atoms with Crippen molar-refractivity contribution in [1.82, 2.24) is 15.2 Å².